The Bertz CT molecular complexity index is 938. The molecule has 0 fully saturated rings. The lowest BCUT2D eigenvalue weighted by atomic mass is 10.0. The third-order valence-electron chi connectivity index (χ3n) is 5.30. The van der Waals surface area contributed by atoms with Gasteiger partial charge in [-0.15, -0.1) is 0 Å². The molecular formula is C21H21N5. The molecule has 5 rings (SSSR count). The van der Waals surface area contributed by atoms with E-state index in [4.69, 9.17) is 9.97 Å². The van der Waals surface area contributed by atoms with Crippen LogP contribution in [0, 0.1) is 0 Å². The monoisotopic (exact) mass is 343 g/mol. The summed E-state index contributed by atoms with van der Waals surface area (Å²) in [6.45, 7) is 1.76. The molecule has 5 nitrogen and oxygen atoms in total. The Kier molecular flexibility index (Phi) is 3.87. The van der Waals surface area contributed by atoms with E-state index in [0.717, 1.165) is 55.3 Å². The summed E-state index contributed by atoms with van der Waals surface area (Å²) < 4.78 is 0. The Morgan fingerprint density at radius 1 is 1.04 bits per heavy atom. The zero-order chi connectivity index (χ0) is 17.3. The first kappa shape index (κ1) is 15.5. The maximum atomic E-state index is 4.90. The highest BCUT2D eigenvalue weighted by atomic mass is 15.1. The molecule has 0 amide bonds. The molecule has 130 valence electrons. The lowest BCUT2D eigenvalue weighted by Crippen LogP contribution is -2.27. The van der Waals surface area contributed by atoms with Crippen molar-refractivity contribution in [2.45, 2.75) is 31.8 Å². The Morgan fingerprint density at radius 3 is 2.92 bits per heavy atom. The molecule has 1 atom stereocenters. The first-order valence-corrected chi connectivity index (χ1v) is 9.24. The smallest absolute Gasteiger partial charge is 0.163 e. The number of nitrogens with zero attached hydrogens (tertiary/aromatic N) is 3. The number of fused-ring (bicyclic) bond motifs is 2. The first-order valence-electron chi connectivity index (χ1n) is 9.24. The lowest BCUT2D eigenvalue weighted by Gasteiger charge is -2.23. The van der Waals surface area contributed by atoms with Gasteiger partial charge in [0.1, 0.15) is 5.82 Å². The summed E-state index contributed by atoms with van der Waals surface area (Å²) in [7, 11) is 0. The molecule has 1 aliphatic carbocycles. The summed E-state index contributed by atoms with van der Waals surface area (Å²) in [5.74, 6) is 1.73. The zero-order valence-corrected chi connectivity index (χ0v) is 14.6. The molecule has 0 bridgehead atoms. The van der Waals surface area contributed by atoms with E-state index in [1.807, 2.05) is 18.3 Å². The van der Waals surface area contributed by atoms with Crippen LogP contribution in [0.1, 0.15) is 34.8 Å². The number of aromatic nitrogens is 3. The van der Waals surface area contributed by atoms with E-state index in [1.165, 1.54) is 16.7 Å². The second-order valence-corrected chi connectivity index (χ2v) is 6.92. The summed E-state index contributed by atoms with van der Waals surface area (Å²) in [6.07, 6.45) is 6.79. The van der Waals surface area contributed by atoms with Crippen molar-refractivity contribution in [1.82, 2.24) is 20.3 Å². The summed E-state index contributed by atoms with van der Waals surface area (Å²) >= 11 is 0. The van der Waals surface area contributed by atoms with Gasteiger partial charge in [0.05, 0.1) is 11.7 Å². The SMILES string of the molecule is c1cncc(-c2nc3c(c(NC4CCc5ccccc54)n2)CCNC3)c1. The number of pyridine rings is 1. The van der Waals surface area contributed by atoms with Crippen molar-refractivity contribution in [3.63, 3.8) is 0 Å². The molecule has 5 heteroatoms. The summed E-state index contributed by atoms with van der Waals surface area (Å²) in [5.41, 5.74) is 6.15. The fraction of sp³-hybridized carbons (Fsp3) is 0.286. The van der Waals surface area contributed by atoms with Crippen molar-refractivity contribution in [2.24, 2.45) is 0 Å². The van der Waals surface area contributed by atoms with Gasteiger partial charge < -0.3 is 10.6 Å². The van der Waals surface area contributed by atoms with Gasteiger partial charge in [0, 0.05) is 30.1 Å². The largest absolute Gasteiger partial charge is 0.363 e. The van der Waals surface area contributed by atoms with E-state index in [0.29, 0.717) is 6.04 Å². The van der Waals surface area contributed by atoms with E-state index in [-0.39, 0.29) is 0 Å². The number of rotatable bonds is 3. The fourth-order valence-electron chi connectivity index (χ4n) is 3.98. The molecule has 26 heavy (non-hydrogen) atoms. The number of nitrogens with one attached hydrogen (secondary N) is 2. The van der Waals surface area contributed by atoms with Gasteiger partial charge in [-0.1, -0.05) is 24.3 Å². The van der Waals surface area contributed by atoms with Crippen molar-refractivity contribution >= 4 is 5.82 Å². The van der Waals surface area contributed by atoms with Crippen LogP contribution < -0.4 is 10.6 Å². The molecule has 2 aromatic heterocycles. The van der Waals surface area contributed by atoms with Crippen LogP contribution in [0.4, 0.5) is 5.82 Å². The standard InChI is InChI=1S/C21H21N5/c1-2-6-16-14(4-1)7-8-18(16)24-21-17-9-11-23-13-19(17)25-20(26-21)15-5-3-10-22-12-15/h1-6,10,12,18,23H,7-9,11,13H2,(H,24,25,26). The van der Waals surface area contributed by atoms with Crippen molar-refractivity contribution in [3.8, 4) is 11.4 Å². The van der Waals surface area contributed by atoms with Gasteiger partial charge in [0.15, 0.2) is 5.82 Å². The van der Waals surface area contributed by atoms with Crippen molar-refractivity contribution in [2.75, 3.05) is 11.9 Å². The minimum atomic E-state index is 0.321. The quantitative estimate of drug-likeness (QED) is 0.764. The van der Waals surface area contributed by atoms with Gasteiger partial charge in [-0.2, -0.15) is 0 Å². The average Bonchev–Trinajstić information content (AvgIpc) is 3.11. The molecule has 0 saturated carbocycles. The highest BCUT2D eigenvalue weighted by Crippen LogP contribution is 2.35. The van der Waals surface area contributed by atoms with Crippen LogP contribution in [0.2, 0.25) is 0 Å². The minimum absolute atomic E-state index is 0.321. The molecule has 3 aromatic rings. The van der Waals surface area contributed by atoms with Crippen LogP contribution in [0.3, 0.4) is 0 Å². The fourth-order valence-corrected chi connectivity index (χ4v) is 3.98. The van der Waals surface area contributed by atoms with Crippen LogP contribution in [0.15, 0.2) is 48.8 Å². The van der Waals surface area contributed by atoms with Crippen LogP contribution in [0.25, 0.3) is 11.4 Å². The maximum Gasteiger partial charge on any atom is 0.163 e. The molecule has 1 aromatic carbocycles. The van der Waals surface area contributed by atoms with Gasteiger partial charge in [0.25, 0.3) is 0 Å². The maximum absolute atomic E-state index is 4.90. The molecular weight excluding hydrogens is 322 g/mol. The average molecular weight is 343 g/mol. The molecule has 0 saturated heterocycles. The van der Waals surface area contributed by atoms with Crippen LogP contribution >= 0.6 is 0 Å². The Hall–Kier alpha value is -2.79. The normalized spacial score (nSPS) is 18.2. The van der Waals surface area contributed by atoms with Gasteiger partial charge in [-0.3, -0.25) is 4.98 Å². The van der Waals surface area contributed by atoms with Crippen LogP contribution in [-0.2, 0) is 19.4 Å². The molecule has 2 N–H and O–H groups in total. The van der Waals surface area contributed by atoms with Crippen LogP contribution in [-0.4, -0.2) is 21.5 Å². The van der Waals surface area contributed by atoms with E-state index in [9.17, 15) is 0 Å². The first-order chi connectivity index (χ1) is 12.9. The van der Waals surface area contributed by atoms with Crippen molar-refractivity contribution < 1.29 is 0 Å². The Balaban J connectivity index is 1.55. The predicted octanol–water partition coefficient (Wildman–Crippen LogP) is 3.28. The Morgan fingerprint density at radius 2 is 2.00 bits per heavy atom. The third-order valence-corrected chi connectivity index (χ3v) is 5.30. The summed E-state index contributed by atoms with van der Waals surface area (Å²) in [5, 5.41) is 7.16. The third kappa shape index (κ3) is 2.74. The van der Waals surface area contributed by atoms with Gasteiger partial charge in [-0.05, 0) is 49.1 Å². The molecule has 0 spiro atoms. The van der Waals surface area contributed by atoms with E-state index in [2.05, 4.69) is 39.9 Å². The highest BCUT2D eigenvalue weighted by molar-refractivity contribution is 5.60. The van der Waals surface area contributed by atoms with Crippen molar-refractivity contribution in [1.29, 1.82) is 0 Å². The van der Waals surface area contributed by atoms with Crippen LogP contribution in [0.5, 0.6) is 0 Å². The van der Waals surface area contributed by atoms with Crippen molar-refractivity contribution in [3.05, 3.63) is 71.2 Å². The van der Waals surface area contributed by atoms with E-state index in [1.54, 1.807) is 6.20 Å². The van der Waals surface area contributed by atoms with E-state index >= 15 is 0 Å². The molecule has 0 radical (unpaired) electrons. The second kappa shape index (κ2) is 6.50. The van der Waals surface area contributed by atoms with Gasteiger partial charge >= 0.3 is 0 Å². The van der Waals surface area contributed by atoms with E-state index < -0.39 is 0 Å². The number of aryl methyl sites for hydroxylation is 1. The zero-order valence-electron chi connectivity index (χ0n) is 14.6. The number of hydrogen-bond donors (Lipinski definition) is 2. The molecule has 3 heterocycles. The highest BCUT2D eigenvalue weighted by Gasteiger charge is 2.25. The summed E-state index contributed by atoms with van der Waals surface area (Å²) in [6, 6.07) is 13.0. The van der Waals surface area contributed by atoms with Gasteiger partial charge in [0.2, 0.25) is 0 Å². The molecule has 1 unspecified atom stereocenters. The number of hydrogen-bond acceptors (Lipinski definition) is 5. The molecule has 2 aliphatic rings. The second-order valence-electron chi connectivity index (χ2n) is 6.92. The number of benzene rings is 1. The summed E-state index contributed by atoms with van der Waals surface area (Å²) in [4.78, 5) is 13.9. The lowest BCUT2D eigenvalue weighted by molar-refractivity contribution is 0.623. The topological polar surface area (TPSA) is 62.7 Å². The minimum Gasteiger partial charge on any atom is -0.363 e. The van der Waals surface area contributed by atoms with Gasteiger partial charge in [-0.25, -0.2) is 9.97 Å². The predicted molar refractivity (Wildman–Crippen MR) is 102 cm³/mol. The number of anilines is 1. The molecule has 1 aliphatic heterocycles. The Labute approximate surface area is 152 Å².